The zero-order valence-electron chi connectivity index (χ0n) is 18.1. The van der Waals surface area contributed by atoms with E-state index in [0.29, 0.717) is 0 Å². The first kappa shape index (κ1) is 21.5. The fraction of sp³-hybridized carbons (Fsp3) is 0.375. The number of rotatable bonds is 6. The van der Waals surface area contributed by atoms with Gasteiger partial charge in [-0.2, -0.15) is 0 Å². The van der Waals surface area contributed by atoms with E-state index < -0.39 is 5.60 Å². The number of anilines is 2. The summed E-state index contributed by atoms with van der Waals surface area (Å²) in [6, 6.07) is 16.7. The predicted molar refractivity (Wildman–Crippen MR) is 119 cm³/mol. The van der Waals surface area contributed by atoms with Gasteiger partial charge in [-0.3, -0.25) is 4.79 Å². The van der Waals surface area contributed by atoms with E-state index in [-0.39, 0.29) is 12.4 Å². The summed E-state index contributed by atoms with van der Waals surface area (Å²) in [6.45, 7) is 5.65. The molecule has 0 aliphatic heterocycles. The summed E-state index contributed by atoms with van der Waals surface area (Å²) in [4.78, 5) is 16.4. The first-order valence-corrected chi connectivity index (χ1v) is 9.54. The van der Waals surface area contributed by atoms with Gasteiger partial charge in [0.25, 0.3) is 0 Å². The Bertz CT molecular complexity index is 758. The summed E-state index contributed by atoms with van der Waals surface area (Å²) in [5.74, 6) is -0.222. The standard InChI is InChI=1S/C24H32N2O2/c1-24(2,3)28-23(27)17-16-22(18-8-12-20(13-9-18)25(4)5)19-10-14-21(15-11-19)26(6)7/h8-16H,17H2,1-7H3. The molecular formula is C24H32N2O2. The number of carbonyl (C=O) groups excluding carboxylic acids is 1. The van der Waals surface area contributed by atoms with Crippen LogP contribution in [0.2, 0.25) is 0 Å². The maximum Gasteiger partial charge on any atom is 0.310 e. The van der Waals surface area contributed by atoms with E-state index >= 15 is 0 Å². The Kier molecular flexibility index (Phi) is 6.90. The number of ether oxygens (including phenoxy) is 1. The van der Waals surface area contributed by atoms with Crippen LogP contribution in [0.15, 0.2) is 54.6 Å². The monoisotopic (exact) mass is 380 g/mol. The molecular weight excluding hydrogens is 348 g/mol. The molecule has 150 valence electrons. The van der Waals surface area contributed by atoms with Gasteiger partial charge in [0.05, 0.1) is 6.42 Å². The second-order valence-corrected chi connectivity index (χ2v) is 8.29. The Morgan fingerprint density at radius 3 is 1.54 bits per heavy atom. The van der Waals surface area contributed by atoms with Gasteiger partial charge < -0.3 is 14.5 Å². The second-order valence-electron chi connectivity index (χ2n) is 8.29. The molecule has 0 saturated heterocycles. The van der Waals surface area contributed by atoms with Crippen molar-refractivity contribution < 1.29 is 9.53 Å². The predicted octanol–water partition coefficient (Wildman–Crippen LogP) is 4.98. The van der Waals surface area contributed by atoms with E-state index in [4.69, 9.17) is 4.74 Å². The molecule has 0 radical (unpaired) electrons. The normalized spacial score (nSPS) is 11.0. The van der Waals surface area contributed by atoms with E-state index in [1.54, 1.807) is 0 Å². The summed E-state index contributed by atoms with van der Waals surface area (Å²) in [7, 11) is 8.09. The highest BCUT2D eigenvalue weighted by Gasteiger charge is 2.16. The van der Waals surface area contributed by atoms with Crippen LogP contribution in [0.3, 0.4) is 0 Å². The molecule has 4 heteroatoms. The van der Waals surface area contributed by atoms with E-state index in [9.17, 15) is 4.79 Å². The molecule has 0 N–H and O–H groups in total. The quantitative estimate of drug-likeness (QED) is 0.662. The molecule has 0 heterocycles. The molecule has 0 bridgehead atoms. The van der Waals surface area contributed by atoms with Crippen LogP contribution >= 0.6 is 0 Å². The number of hydrogen-bond acceptors (Lipinski definition) is 4. The van der Waals surface area contributed by atoms with Crippen LogP contribution in [0.25, 0.3) is 5.57 Å². The van der Waals surface area contributed by atoms with E-state index in [2.05, 4.69) is 58.3 Å². The minimum atomic E-state index is -0.480. The van der Waals surface area contributed by atoms with Crippen molar-refractivity contribution in [1.82, 2.24) is 0 Å². The van der Waals surface area contributed by atoms with Crippen molar-refractivity contribution in [3.8, 4) is 0 Å². The van der Waals surface area contributed by atoms with Crippen LogP contribution in [0.4, 0.5) is 11.4 Å². The topological polar surface area (TPSA) is 32.8 Å². The second kappa shape index (κ2) is 8.96. The van der Waals surface area contributed by atoms with Crippen molar-refractivity contribution >= 4 is 22.9 Å². The highest BCUT2D eigenvalue weighted by molar-refractivity contribution is 5.84. The fourth-order valence-electron chi connectivity index (χ4n) is 2.85. The van der Waals surface area contributed by atoms with Gasteiger partial charge >= 0.3 is 5.97 Å². The average Bonchev–Trinajstić information content (AvgIpc) is 2.61. The van der Waals surface area contributed by atoms with Crippen LogP contribution in [-0.2, 0) is 9.53 Å². The molecule has 4 nitrogen and oxygen atoms in total. The highest BCUT2D eigenvalue weighted by Crippen LogP contribution is 2.27. The maximum absolute atomic E-state index is 12.2. The average molecular weight is 381 g/mol. The van der Waals surface area contributed by atoms with Crippen molar-refractivity contribution in [2.45, 2.75) is 32.8 Å². The van der Waals surface area contributed by atoms with E-state index in [1.807, 2.05) is 55.0 Å². The molecule has 2 aromatic rings. The first-order valence-electron chi connectivity index (χ1n) is 9.54. The van der Waals surface area contributed by atoms with Gasteiger partial charge in [-0.25, -0.2) is 0 Å². The first-order chi connectivity index (χ1) is 13.1. The molecule has 28 heavy (non-hydrogen) atoms. The Morgan fingerprint density at radius 1 is 0.821 bits per heavy atom. The van der Waals surface area contributed by atoms with Gasteiger partial charge in [0.2, 0.25) is 0 Å². The van der Waals surface area contributed by atoms with Crippen LogP contribution in [0, 0.1) is 0 Å². The van der Waals surface area contributed by atoms with Gasteiger partial charge in [0, 0.05) is 39.6 Å². The minimum absolute atomic E-state index is 0.222. The van der Waals surface area contributed by atoms with Crippen LogP contribution < -0.4 is 9.80 Å². The fourth-order valence-corrected chi connectivity index (χ4v) is 2.85. The van der Waals surface area contributed by atoms with Gasteiger partial charge in [-0.05, 0) is 61.7 Å². The van der Waals surface area contributed by atoms with Crippen molar-refractivity contribution in [2.75, 3.05) is 38.0 Å². The lowest BCUT2D eigenvalue weighted by atomic mass is 9.96. The SMILES string of the molecule is CN(C)c1ccc(C(=CCC(=O)OC(C)(C)C)c2ccc(N(C)C)cc2)cc1. The van der Waals surface area contributed by atoms with Crippen molar-refractivity contribution in [2.24, 2.45) is 0 Å². The largest absolute Gasteiger partial charge is 0.460 e. The lowest BCUT2D eigenvalue weighted by Gasteiger charge is -2.19. The third-order valence-electron chi connectivity index (χ3n) is 4.28. The van der Waals surface area contributed by atoms with Gasteiger partial charge in [-0.15, -0.1) is 0 Å². The van der Waals surface area contributed by atoms with E-state index in [0.717, 1.165) is 28.1 Å². The Labute approximate surface area is 169 Å². The maximum atomic E-state index is 12.2. The summed E-state index contributed by atoms with van der Waals surface area (Å²) in [5.41, 5.74) is 4.97. The molecule has 0 spiro atoms. The van der Waals surface area contributed by atoms with Crippen molar-refractivity contribution in [1.29, 1.82) is 0 Å². The smallest absolute Gasteiger partial charge is 0.310 e. The summed E-state index contributed by atoms with van der Waals surface area (Å²) < 4.78 is 5.46. The highest BCUT2D eigenvalue weighted by atomic mass is 16.6. The number of benzene rings is 2. The summed E-state index contributed by atoms with van der Waals surface area (Å²) in [5, 5.41) is 0. The molecule has 0 atom stereocenters. The van der Waals surface area contributed by atoms with Gasteiger partial charge in [-0.1, -0.05) is 30.3 Å². The van der Waals surface area contributed by atoms with Crippen LogP contribution in [0.1, 0.15) is 38.3 Å². The Morgan fingerprint density at radius 2 is 1.21 bits per heavy atom. The molecule has 0 aliphatic rings. The molecule has 0 saturated carbocycles. The molecule has 0 fully saturated rings. The zero-order chi connectivity index (χ0) is 20.9. The molecule has 0 aliphatic carbocycles. The Balaban J connectivity index is 2.37. The number of nitrogens with zero attached hydrogens (tertiary/aromatic N) is 2. The molecule has 0 unspecified atom stereocenters. The Hall–Kier alpha value is -2.75. The summed E-state index contributed by atoms with van der Waals surface area (Å²) >= 11 is 0. The van der Waals surface area contributed by atoms with Crippen LogP contribution in [-0.4, -0.2) is 39.8 Å². The lowest BCUT2D eigenvalue weighted by molar-refractivity contribution is -0.153. The molecule has 2 rings (SSSR count). The van der Waals surface area contributed by atoms with Gasteiger partial charge in [0.15, 0.2) is 0 Å². The number of carbonyl (C=O) groups is 1. The third-order valence-corrected chi connectivity index (χ3v) is 4.28. The lowest BCUT2D eigenvalue weighted by Crippen LogP contribution is -2.23. The molecule has 2 aromatic carbocycles. The van der Waals surface area contributed by atoms with Crippen molar-refractivity contribution in [3.05, 3.63) is 65.7 Å². The number of hydrogen-bond donors (Lipinski definition) is 0. The minimum Gasteiger partial charge on any atom is -0.460 e. The van der Waals surface area contributed by atoms with Crippen LogP contribution in [0.5, 0.6) is 0 Å². The van der Waals surface area contributed by atoms with Gasteiger partial charge in [0.1, 0.15) is 5.60 Å². The number of esters is 1. The molecule has 0 amide bonds. The molecule has 0 aromatic heterocycles. The van der Waals surface area contributed by atoms with Crippen molar-refractivity contribution in [3.63, 3.8) is 0 Å². The zero-order valence-corrected chi connectivity index (χ0v) is 18.1. The summed E-state index contributed by atoms with van der Waals surface area (Å²) in [6.07, 6.45) is 2.20. The van der Waals surface area contributed by atoms with E-state index in [1.165, 1.54) is 0 Å². The third kappa shape index (κ3) is 6.15.